The van der Waals surface area contributed by atoms with E-state index in [0.717, 1.165) is 28.4 Å². The van der Waals surface area contributed by atoms with Crippen LogP contribution in [0.15, 0.2) is 48.7 Å². The first-order valence-electron chi connectivity index (χ1n) is 6.02. The molecule has 2 aromatic carbocycles. The van der Waals surface area contributed by atoms with Gasteiger partial charge < -0.3 is 4.57 Å². The Kier molecular flexibility index (Phi) is 2.67. The predicted octanol–water partition coefficient (Wildman–Crippen LogP) is 3.89. The summed E-state index contributed by atoms with van der Waals surface area (Å²) in [6.07, 6.45) is 2.78. The van der Waals surface area contributed by atoms with E-state index in [1.807, 2.05) is 35.9 Å². The minimum absolute atomic E-state index is 0.250. The Morgan fingerprint density at radius 1 is 1.11 bits per heavy atom. The van der Waals surface area contributed by atoms with Crippen molar-refractivity contribution in [2.45, 2.75) is 6.92 Å². The summed E-state index contributed by atoms with van der Waals surface area (Å²) in [5.74, 6) is -0.250. The molecule has 0 radical (unpaired) electrons. The molecule has 19 heavy (non-hydrogen) atoms. The molecule has 0 atom stereocenters. The molecule has 2 nitrogen and oxygen atoms in total. The van der Waals surface area contributed by atoms with E-state index in [1.165, 1.54) is 12.1 Å². The zero-order chi connectivity index (χ0) is 13.4. The van der Waals surface area contributed by atoms with E-state index >= 15 is 0 Å². The average molecular weight is 253 g/mol. The van der Waals surface area contributed by atoms with Gasteiger partial charge in [-0.2, -0.15) is 0 Å². The number of carbonyl (C=O) groups is 1. The lowest BCUT2D eigenvalue weighted by Crippen LogP contribution is -1.94. The molecule has 0 spiro atoms. The summed E-state index contributed by atoms with van der Waals surface area (Å²) in [6, 6.07) is 12.0. The lowest BCUT2D eigenvalue weighted by atomic mass is 10.1. The number of aromatic nitrogens is 1. The van der Waals surface area contributed by atoms with Gasteiger partial charge in [0.05, 0.1) is 5.52 Å². The van der Waals surface area contributed by atoms with Crippen molar-refractivity contribution >= 4 is 17.2 Å². The summed E-state index contributed by atoms with van der Waals surface area (Å²) in [4.78, 5) is 10.9. The molecule has 0 aliphatic rings. The molecule has 0 amide bonds. The smallest absolute Gasteiger partial charge is 0.150 e. The highest BCUT2D eigenvalue weighted by atomic mass is 19.1. The van der Waals surface area contributed by atoms with Crippen LogP contribution >= 0.6 is 0 Å². The second-order valence-corrected chi connectivity index (χ2v) is 4.56. The standard InChI is InChI=1S/C16H12FNO/c1-11-8-12(10-19)9-13-6-7-18(16(11)13)15-4-2-14(17)3-5-15/h2-10H,1H3. The van der Waals surface area contributed by atoms with E-state index < -0.39 is 0 Å². The number of carbonyl (C=O) groups excluding carboxylic acids is 1. The van der Waals surface area contributed by atoms with Crippen molar-refractivity contribution < 1.29 is 9.18 Å². The average Bonchev–Trinajstić information content (AvgIpc) is 2.84. The molecule has 0 unspecified atom stereocenters. The quantitative estimate of drug-likeness (QED) is 0.635. The lowest BCUT2D eigenvalue weighted by Gasteiger charge is -2.08. The molecule has 0 aliphatic heterocycles. The molecule has 0 saturated heterocycles. The summed E-state index contributed by atoms with van der Waals surface area (Å²) in [7, 11) is 0. The fourth-order valence-electron chi connectivity index (χ4n) is 2.41. The third-order valence-corrected chi connectivity index (χ3v) is 3.24. The number of hydrogen-bond donors (Lipinski definition) is 0. The zero-order valence-corrected chi connectivity index (χ0v) is 10.4. The third kappa shape index (κ3) is 1.93. The number of aldehydes is 1. The first-order valence-corrected chi connectivity index (χ1v) is 6.02. The van der Waals surface area contributed by atoms with Crippen molar-refractivity contribution in [1.82, 2.24) is 4.57 Å². The van der Waals surface area contributed by atoms with Crippen molar-refractivity contribution in [2.24, 2.45) is 0 Å². The van der Waals surface area contributed by atoms with Crippen molar-refractivity contribution in [2.75, 3.05) is 0 Å². The molecule has 94 valence electrons. The number of aryl methyl sites for hydroxylation is 1. The van der Waals surface area contributed by atoms with Crippen LogP contribution in [0.4, 0.5) is 4.39 Å². The number of benzene rings is 2. The Bertz CT molecular complexity index is 756. The number of halogens is 1. The molecule has 0 saturated carbocycles. The number of hydrogen-bond acceptors (Lipinski definition) is 1. The summed E-state index contributed by atoms with van der Waals surface area (Å²) in [5.41, 5.74) is 3.63. The van der Waals surface area contributed by atoms with Gasteiger partial charge >= 0.3 is 0 Å². The van der Waals surface area contributed by atoms with Gasteiger partial charge in [0.1, 0.15) is 12.1 Å². The Hall–Kier alpha value is -2.42. The SMILES string of the molecule is Cc1cc(C=O)cc2ccn(-c3ccc(F)cc3)c12. The van der Waals surface area contributed by atoms with Crippen LogP contribution in [0.5, 0.6) is 0 Å². The van der Waals surface area contributed by atoms with Gasteiger partial charge in [-0.3, -0.25) is 4.79 Å². The lowest BCUT2D eigenvalue weighted by molar-refractivity contribution is 0.112. The fourth-order valence-corrected chi connectivity index (χ4v) is 2.41. The highest BCUT2D eigenvalue weighted by Crippen LogP contribution is 2.25. The number of fused-ring (bicyclic) bond motifs is 1. The Morgan fingerprint density at radius 3 is 2.53 bits per heavy atom. The van der Waals surface area contributed by atoms with Gasteiger partial charge in [0, 0.05) is 22.8 Å². The van der Waals surface area contributed by atoms with Crippen LogP contribution in [0, 0.1) is 12.7 Å². The molecular formula is C16H12FNO. The van der Waals surface area contributed by atoms with Gasteiger partial charge in [-0.25, -0.2) is 4.39 Å². The van der Waals surface area contributed by atoms with Gasteiger partial charge in [0.15, 0.2) is 0 Å². The highest BCUT2D eigenvalue weighted by Gasteiger charge is 2.07. The van der Waals surface area contributed by atoms with Crippen LogP contribution in [0.3, 0.4) is 0 Å². The Balaban J connectivity index is 2.25. The van der Waals surface area contributed by atoms with Crippen LogP contribution in [0.1, 0.15) is 15.9 Å². The molecule has 3 aromatic rings. The third-order valence-electron chi connectivity index (χ3n) is 3.24. The monoisotopic (exact) mass is 253 g/mol. The topological polar surface area (TPSA) is 22.0 Å². The maximum atomic E-state index is 13.0. The molecule has 1 aromatic heterocycles. The highest BCUT2D eigenvalue weighted by molar-refractivity contribution is 5.91. The largest absolute Gasteiger partial charge is 0.316 e. The first kappa shape index (κ1) is 11.7. The van der Waals surface area contributed by atoms with E-state index in [2.05, 4.69) is 0 Å². The molecule has 0 N–H and O–H groups in total. The fraction of sp³-hybridized carbons (Fsp3) is 0.0625. The first-order chi connectivity index (χ1) is 9.19. The normalized spacial score (nSPS) is 10.8. The zero-order valence-electron chi connectivity index (χ0n) is 10.4. The minimum atomic E-state index is -0.250. The van der Waals surface area contributed by atoms with Crippen LogP contribution in [0.2, 0.25) is 0 Å². The summed E-state index contributed by atoms with van der Waals surface area (Å²) in [6.45, 7) is 1.97. The van der Waals surface area contributed by atoms with E-state index in [9.17, 15) is 9.18 Å². The molecule has 1 heterocycles. The molecular weight excluding hydrogens is 241 g/mol. The van der Waals surface area contributed by atoms with Gasteiger partial charge in [-0.15, -0.1) is 0 Å². The predicted molar refractivity (Wildman–Crippen MR) is 73.4 cm³/mol. The van der Waals surface area contributed by atoms with Crippen LogP contribution < -0.4 is 0 Å². The van der Waals surface area contributed by atoms with E-state index in [-0.39, 0.29) is 5.82 Å². The van der Waals surface area contributed by atoms with Gasteiger partial charge in [-0.1, -0.05) is 0 Å². The maximum Gasteiger partial charge on any atom is 0.150 e. The molecule has 0 aliphatic carbocycles. The van der Waals surface area contributed by atoms with E-state index in [0.29, 0.717) is 5.56 Å². The summed E-state index contributed by atoms with van der Waals surface area (Å²) in [5, 5.41) is 1.01. The van der Waals surface area contributed by atoms with Crippen molar-refractivity contribution in [1.29, 1.82) is 0 Å². The molecule has 3 heteroatoms. The second kappa shape index (κ2) is 4.35. The van der Waals surface area contributed by atoms with E-state index in [4.69, 9.17) is 0 Å². The molecule has 3 rings (SSSR count). The van der Waals surface area contributed by atoms with E-state index in [1.54, 1.807) is 12.1 Å². The number of rotatable bonds is 2. The van der Waals surface area contributed by atoms with Gasteiger partial charge in [0.25, 0.3) is 0 Å². The Labute approximate surface area is 110 Å². The van der Waals surface area contributed by atoms with Crippen molar-refractivity contribution in [3.63, 3.8) is 0 Å². The van der Waals surface area contributed by atoms with Crippen LogP contribution in [-0.2, 0) is 0 Å². The second-order valence-electron chi connectivity index (χ2n) is 4.56. The maximum absolute atomic E-state index is 13.0. The van der Waals surface area contributed by atoms with Gasteiger partial charge in [0.2, 0.25) is 0 Å². The Morgan fingerprint density at radius 2 is 1.84 bits per heavy atom. The van der Waals surface area contributed by atoms with Crippen LogP contribution in [-0.4, -0.2) is 10.9 Å². The molecule has 0 bridgehead atoms. The number of nitrogens with zero attached hydrogens (tertiary/aromatic N) is 1. The molecule has 0 fully saturated rings. The van der Waals surface area contributed by atoms with Gasteiger partial charge in [-0.05, 0) is 55.0 Å². The summed E-state index contributed by atoms with van der Waals surface area (Å²) < 4.78 is 15.0. The van der Waals surface area contributed by atoms with Crippen molar-refractivity contribution in [3.8, 4) is 5.69 Å². The summed E-state index contributed by atoms with van der Waals surface area (Å²) >= 11 is 0. The van der Waals surface area contributed by atoms with Crippen LogP contribution in [0.25, 0.3) is 16.6 Å². The minimum Gasteiger partial charge on any atom is -0.316 e. The van der Waals surface area contributed by atoms with Crippen molar-refractivity contribution in [3.05, 3.63) is 65.6 Å².